The lowest BCUT2D eigenvalue weighted by molar-refractivity contribution is -0.138. The van der Waals surface area contributed by atoms with Gasteiger partial charge in [-0.2, -0.15) is 0 Å². The van der Waals surface area contributed by atoms with Crippen LogP contribution in [0.2, 0.25) is 0 Å². The fourth-order valence-electron chi connectivity index (χ4n) is 2.85. The maximum atomic E-state index is 10.7. The van der Waals surface area contributed by atoms with Gasteiger partial charge in [-0.25, -0.2) is 0 Å². The predicted molar refractivity (Wildman–Crippen MR) is 70.2 cm³/mol. The molecule has 1 heterocycles. The molecular formula is C14H27NO2. The van der Waals surface area contributed by atoms with Gasteiger partial charge in [0.1, 0.15) is 0 Å². The van der Waals surface area contributed by atoms with E-state index >= 15 is 0 Å². The first-order valence-electron chi connectivity index (χ1n) is 7.13. The summed E-state index contributed by atoms with van der Waals surface area (Å²) in [6.45, 7) is 6.70. The van der Waals surface area contributed by atoms with Gasteiger partial charge in [0.05, 0.1) is 0 Å². The number of unbranched alkanes of at least 4 members (excludes halogenated alkanes) is 1. The zero-order chi connectivity index (χ0) is 12.7. The molecule has 1 unspecified atom stereocenters. The number of carbonyl (C=O) groups is 1. The first-order valence-corrected chi connectivity index (χ1v) is 7.13. The van der Waals surface area contributed by atoms with E-state index in [0.29, 0.717) is 12.3 Å². The van der Waals surface area contributed by atoms with Gasteiger partial charge >= 0.3 is 5.97 Å². The lowest BCUT2D eigenvalue weighted by Crippen LogP contribution is -2.41. The Bertz CT molecular complexity index is 222. The number of nitrogens with zero attached hydrogens (tertiary/aromatic N) is 1. The molecule has 0 spiro atoms. The molecule has 0 aromatic rings. The quantitative estimate of drug-likeness (QED) is 0.744. The molecule has 1 saturated heterocycles. The fraction of sp³-hybridized carbons (Fsp3) is 0.929. The third-order valence-corrected chi connectivity index (χ3v) is 3.99. The zero-order valence-electron chi connectivity index (χ0n) is 11.3. The molecule has 0 radical (unpaired) electrons. The van der Waals surface area contributed by atoms with Gasteiger partial charge in [0, 0.05) is 12.5 Å². The SMILES string of the molecule is CCCCC(CC)N1CCC(CC(=O)O)CC1. The number of rotatable bonds is 7. The zero-order valence-corrected chi connectivity index (χ0v) is 11.3. The highest BCUT2D eigenvalue weighted by molar-refractivity contribution is 5.67. The number of hydrogen-bond acceptors (Lipinski definition) is 2. The van der Waals surface area contributed by atoms with Crippen molar-refractivity contribution in [2.24, 2.45) is 5.92 Å². The summed E-state index contributed by atoms with van der Waals surface area (Å²) in [6, 6.07) is 0.723. The third kappa shape index (κ3) is 5.07. The predicted octanol–water partition coefficient (Wildman–Crippen LogP) is 3.14. The number of carboxylic acid groups (broad SMARTS) is 1. The first kappa shape index (κ1) is 14.5. The van der Waals surface area contributed by atoms with Crippen molar-refractivity contribution in [2.45, 2.75) is 64.8 Å². The number of likely N-dealkylation sites (tertiary alicyclic amines) is 1. The lowest BCUT2D eigenvalue weighted by atomic mass is 9.92. The molecule has 3 heteroatoms. The van der Waals surface area contributed by atoms with Crippen LogP contribution in [0.4, 0.5) is 0 Å². The molecule has 0 saturated carbocycles. The van der Waals surface area contributed by atoms with Crippen molar-refractivity contribution in [1.29, 1.82) is 0 Å². The molecule has 0 amide bonds. The molecule has 100 valence electrons. The first-order chi connectivity index (χ1) is 8.17. The minimum absolute atomic E-state index is 0.361. The Hall–Kier alpha value is -0.570. The molecule has 0 bridgehead atoms. The highest BCUT2D eigenvalue weighted by Crippen LogP contribution is 2.24. The van der Waals surface area contributed by atoms with E-state index in [2.05, 4.69) is 18.7 Å². The highest BCUT2D eigenvalue weighted by atomic mass is 16.4. The van der Waals surface area contributed by atoms with Gasteiger partial charge in [-0.05, 0) is 44.7 Å². The Kier molecular flexibility index (Phi) is 6.56. The topological polar surface area (TPSA) is 40.5 Å². The summed E-state index contributed by atoms with van der Waals surface area (Å²) in [4.78, 5) is 13.2. The second-order valence-electron chi connectivity index (χ2n) is 5.28. The Morgan fingerprint density at radius 1 is 1.35 bits per heavy atom. The van der Waals surface area contributed by atoms with Gasteiger partial charge in [-0.3, -0.25) is 4.79 Å². The van der Waals surface area contributed by atoms with Crippen molar-refractivity contribution in [1.82, 2.24) is 4.90 Å². The van der Waals surface area contributed by atoms with Gasteiger partial charge in [0.2, 0.25) is 0 Å². The normalized spacial score (nSPS) is 20.4. The van der Waals surface area contributed by atoms with Gasteiger partial charge in [0.25, 0.3) is 0 Å². The number of piperidine rings is 1. The molecule has 1 aliphatic rings. The van der Waals surface area contributed by atoms with Crippen molar-refractivity contribution in [3.05, 3.63) is 0 Å². The standard InChI is InChI=1S/C14H27NO2/c1-3-5-6-13(4-2)15-9-7-12(8-10-15)11-14(16)17/h12-13H,3-11H2,1-2H3,(H,16,17). The van der Waals surface area contributed by atoms with E-state index in [9.17, 15) is 4.79 Å². The van der Waals surface area contributed by atoms with E-state index in [1.807, 2.05) is 0 Å². The Morgan fingerprint density at radius 3 is 2.47 bits per heavy atom. The summed E-state index contributed by atoms with van der Waals surface area (Å²) in [6.07, 6.45) is 7.60. The van der Waals surface area contributed by atoms with Gasteiger partial charge < -0.3 is 10.0 Å². The smallest absolute Gasteiger partial charge is 0.303 e. The average Bonchev–Trinajstić information content (AvgIpc) is 2.31. The van der Waals surface area contributed by atoms with E-state index in [1.54, 1.807) is 0 Å². The maximum absolute atomic E-state index is 10.7. The summed E-state index contributed by atoms with van der Waals surface area (Å²) < 4.78 is 0. The van der Waals surface area contributed by atoms with Crippen LogP contribution in [0.3, 0.4) is 0 Å². The van der Waals surface area contributed by atoms with Crippen molar-refractivity contribution < 1.29 is 9.90 Å². The summed E-state index contributed by atoms with van der Waals surface area (Å²) in [5, 5.41) is 8.79. The minimum Gasteiger partial charge on any atom is -0.481 e. The molecule has 1 rings (SSSR count). The van der Waals surface area contributed by atoms with E-state index in [0.717, 1.165) is 32.0 Å². The molecule has 1 N–H and O–H groups in total. The molecule has 1 atom stereocenters. The highest BCUT2D eigenvalue weighted by Gasteiger charge is 2.24. The van der Waals surface area contributed by atoms with Gasteiger partial charge in [-0.1, -0.05) is 26.7 Å². The molecule has 3 nitrogen and oxygen atoms in total. The van der Waals surface area contributed by atoms with E-state index in [1.165, 1.54) is 25.7 Å². The van der Waals surface area contributed by atoms with Crippen molar-refractivity contribution in [2.75, 3.05) is 13.1 Å². The number of carboxylic acids is 1. The van der Waals surface area contributed by atoms with Crippen LogP contribution in [0.15, 0.2) is 0 Å². The minimum atomic E-state index is -0.638. The monoisotopic (exact) mass is 241 g/mol. The van der Waals surface area contributed by atoms with Crippen LogP contribution in [0, 0.1) is 5.92 Å². The summed E-state index contributed by atoms with van der Waals surface area (Å²) in [5.41, 5.74) is 0. The van der Waals surface area contributed by atoms with Crippen LogP contribution in [-0.2, 0) is 4.79 Å². The summed E-state index contributed by atoms with van der Waals surface area (Å²) in [7, 11) is 0. The second kappa shape index (κ2) is 7.70. The third-order valence-electron chi connectivity index (χ3n) is 3.99. The molecular weight excluding hydrogens is 214 g/mol. The van der Waals surface area contributed by atoms with Crippen molar-refractivity contribution in [3.8, 4) is 0 Å². The molecule has 0 aromatic carbocycles. The summed E-state index contributed by atoms with van der Waals surface area (Å²) in [5.74, 6) is -0.228. The Balaban J connectivity index is 2.31. The van der Waals surface area contributed by atoms with Crippen molar-refractivity contribution in [3.63, 3.8) is 0 Å². The van der Waals surface area contributed by atoms with Crippen LogP contribution in [-0.4, -0.2) is 35.1 Å². The molecule has 17 heavy (non-hydrogen) atoms. The Morgan fingerprint density at radius 2 is 2.00 bits per heavy atom. The number of aliphatic carboxylic acids is 1. The van der Waals surface area contributed by atoms with Crippen LogP contribution >= 0.6 is 0 Å². The van der Waals surface area contributed by atoms with E-state index in [-0.39, 0.29) is 0 Å². The summed E-state index contributed by atoms with van der Waals surface area (Å²) >= 11 is 0. The fourth-order valence-corrected chi connectivity index (χ4v) is 2.85. The van der Waals surface area contributed by atoms with E-state index in [4.69, 9.17) is 5.11 Å². The van der Waals surface area contributed by atoms with Gasteiger partial charge in [0.15, 0.2) is 0 Å². The Labute approximate surface area is 105 Å². The average molecular weight is 241 g/mol. The maximum Gasteiger partial charge on any atom is 0.303 e. The second-order valence-corrected chi connectivity index (χ2v) is 5.28. The van der Waals surface area contributed by atoms with Gasteiger partial charge in [-0.15, -0.1) is 0 Å². The molecule has 0 aromatic heterocycles. The van der Waals surface area contributed by atoms with Crippen LogP contribution in [0.25, 0.3) is 0 Å². The van der Waals surface area contributed by atoms with E-state index < -0.39 is 5.97 Å². The van der Waals surface area contributed by atoms with Crippen LogP contribution < -0.4 is 0 Å². The number of hydrogen-bond donors (Lipinski definition) is 1. The lowest BCUT2D eigenvalue weighted by Gasteiger charge is -2.37. The van der Waals surface area contributed by atoms with Crippen LogP contribution in [0.1, 0.15) is 58.8 Å². The molecule has 1 fully saturated rings. The van der Waals surface area contributed by atoms with Crippen molar-refractivity contribution >= 4 is 5.97 Å². The largest absolute Gasteiger partial charge is 0.481 e. The molecule has 0 aliphatic carbocycles. The van der Waals surface area contributed by atoms with Crippen LogP contribution in [0.5, 0.6) is 0 Å². The molecule has 1 aliphatic heterocycles.